The normalized spacial score (nSPS) is 14.2. The maximum absolute atomic E-state index is 5.69. The van der Waals surface area contributed by atoms with Gasteiger partial charge in [-0.15, -0.1) is 24.8 Å². The van der Waals surface area contributed by atoms with E-state index in [2.05, 4.69) is 41.4 Å². The first-order valence-electron chi connectivity index (χ1n) is 14.0. The second-order valence-corrected chi connectivity index (χ2v) is 10.0. The summed E-state index contributed by atoms with van der Waals surface area (Å²) in [6.45, 7) is 6.73. The Labute approximate surface area is 248 Å². The van der Waals surface area contributed by atoms with Crippen LogP contribution in [0.2, 0.25) is 0 Å². The Morgan fingerprint density at radius 2 is 1.54 bits per heavy atom. The van der Waals surface area contributed by atoms with Gasteiger partial charge in [-0.3, -0.25) is 0 Å². The molecule has 6 nitrogen and oxygen atoms in total. The van der Waals surface area contributed by atoms with Crippen molar-refractivity contribution >= 4 is 24.8 Å². The highest BCUT2D eigenvalue weighted by atomic mass is 35.5. The SMILES string of the molecule is CCCN(CCCCCCNCCc1cc(OC)cc(OC)c1)C1CCc2c(ccc(OC)c2OC)C1.Cl.Cl. The van der Waals surface area contributed by atoms with Crippen molar-refractivity contribution < 1.29 is 18.9 Å². The van der Waals surface area contributed by atoms with Gasteiger partial charge in [0.25, 0.3) is 0 Å². The fraction of sp³-hybridized carbons (Fsp3) is 0.613. The number of rotatable bonds is 17. The molecule has 0 aliphatic heterocycles. The number of hydrogen-bond acceptors (Lipinski definition) is 6. The minimum Gasteiger partial charge on any atom is -0.497 e. The van der Waals surface area contributed by atoms with Gasteiger partial charge >= 0.3 is 0 Å². The minimum atomic E-state index is 0. The first kappa shape index (κ1) is 35.2. The number of methoxy groups -OCH3 is 4. The van der Waals surface area contributed by atoms with E-state index in [0.29, 0.717) is 6.04 Å². The Morgan fingerprint density at radius 1 is 0.821 bits per heavy atom. The van der Waals surface area contributed by atoms with Gasteiger partial charge in [-0.2, -0.15) is 0 Å². The molecular weight excluding hydrogens is 535 g/mol. The molecule has 0 aromatic heterocycles. The molecule has 0 radical (unpaired) electrons. The smallest absolute Gasteiger partial charge is 0.164 e. The molecule has 0 spiro atoms. The Bertz CT molecular complexity index is 938. The molecule has 0 amide bonds. The van der Waals surface area contributed by atoms with Crippen molar-refractivity contribution in [2.24, 2.45) is 0 Å². The summed E-state index contributed by atoms with van der Waals surface area (Å²) in [6.07, 6.45) is 10.6. The van der Waals surface area contributed by atoms with Crippen LogP contribution in [-0.2, 0) is 19.3 Å². The van der Waals surface area contributed by atoms with Crippen LogP contribution in [0.4, 0.5) is 0 Å². The summed E-state index contributed by atoms with van der Waals surface area (Å²) in [4.78, 5) is 2.74. The van der Waals surface area contributed by atoms with Crippen LogP contribution in [0.25, 0.3) is 0 Å². The third-order valence-electron chi connectivity index (χ3n) is 7.51. The van der Waals surface area contributed by atoms with Crippen molar-refractivity contribution in [2.45, 2.75) is 70.8 Å². The molecule has 3 rings (SSSR count). The van der Waals surface area contributed by atoms with Gasteiger partial charge in [-0.1, -0.05) is 25.8 Å². The van der Waals surface area contributed by atoms with E-state index in [-0.39, 0.29) is 24.8 Å². The van der Waals surface area contributed by atoms with Crippen molar-refractivity contribution in [1.82, 2.24) is 10.2 Å². The van der Waals surface area contributed by atoms with Crippen LogP contribution in [-0.4, -0.2) is 65.6 Å². The predicted octanol–water partition coefficient (Wildman–Crippen LogP) is 6.53. The Balaban J connectivity index is 0.00000380. The van der Waals surface area contributed by atoms with Crippen molar-refractivity contribution in [3.8, 4) is 23.0 Å². The van der Waals surface area contributed by atoms with E-state index in [1.54, 1.807) is 28.4 Å². The van der Waals surface area contributed by atoms with Gasteiger partial charge in [-0.25, -0.2) is 0 Å². The second-order valence-electron chi connectivity index (χ2n) is 10.0. The van der Waals surface area contributed by atoms with Gasteiger partial charge in [0.2, 0.25) is 0 Å². The largest absolute Gasteiger partial charge is 0.497 e. The molecule has 0 bridgehead atoms. The molecule has 1 aliphatic carbocycles. The zero-order valence-electron chi connectivity index (χ0n) is 24.6. The van der Waals surface area contributed by atoms with Crippen molar-refractivity contribution in [3.63, 3.8) is 0 Å². The summed E-state index contributed by atoms with van der Waals surface area (Å²) in [6, 6.07) is 11.0. The van der Waals surface area contributed by atoms with E-state index in [1.165, 1.54) is 68.3 Å². The molecule has 1 aliphatic rings. The highest BCUT2D eigenvalue weighted by molar-refractivity contribution is 5.85. The molecule has 2 aromatic carbocycles. The van der Waals surface area contributed by atoms with E-state index < -0.39 is 0 Å². The van der Waals surface area contributed by atoms with Gasteiger partial charge < -0.3 is 29.2 Å². The number of halogens is 2. The van der Waals surface area contributed by atoms with E-state index in [0.717, 1.165) is 55.4 Å². The number of nitrogens with one attached hydrogen (secondary N) is 1. The minimum absolute atomic E-state index is 0. The Morgan fingerprint density at radius 3 is 2.18 bits per heavy atom. The van der Waals surface area contributed by atoms with Crippen molar-refractivity contribution in [1.29, 1.82) is 0 Å². The molecule has 2 aromatic rings. The molecule has 8 heteroatoms. The lowest BCUT2D eigenvalue weighted by Crippen LogP contribution is -2.40. The molecule has 0 heterocycles. The summed E-state index contributed by atoms with van der Waals surface area (Å²) in [7, 11) is 6.86. The van der Waals surface area contributed by atoms with E-state index >= 15 is 0 Å². The summed E-state index contributed by atoms with van der Waals surface area (Å²) in [5, 5.41) is 3.60. The maximum atomic E-state index is 5.69. The predicted molar refractivity (Wildman–Crippen MR) is 166 cm³/mol. The molecule has 1 N–H and O–H groups in total. The fourth-order valence-corrected chi connectivity index (χ4v) is 5.53. The number of fused-ring (bicyclic) bond motifs is 1. The van der Waals surface area contributed by atoms with Crippen molar-refractivity contribution in [3.05, 3.63) is 47.0 Å². The summed E-state index contributed by atoms with van der Waals surface area (Å²) in [5.74, 6) is 3.48. The van der Waals surface area contributed by atoms with Crippen LogP contribution >= 0.6 is 24.8 Å². The molecule has 0 saturated carbocycles. The van der Waals surface area contributed by atoms with E-state index in [1.807, 2.05) is 6.07 Å². The lowest BCUT2D eigenvalue weighted by atomic mass is 9.86. The van der Waals surface area contributed by atoms with Gasteiger partial charge in [0.15, 0.2) is 11.5 Å². The summed E-state index contributed by atoms with van der Waals surface area (Å²) < 4.78 is 21.9. The van der Waals surface area contributed by atoms with Crippen LogP contribution in [0.15, 0.2) is 30.3 Å². The molecule has 222 valence electrons. The molecule has 1 atom stereocenters. The lowest BCUT2D eigenvalue weighted by molar-refractivity contribution is 0.175. The first-order chi connectivity index (χ1) is 18.1. The zero-order valence-corrected chi connectivity index (χ0v) is 26.2. The van der Waals surface area contributed by atoms with Crippen LogP contribution in [0.1, 0.15) is 62.1 Å². The van der Waals surface area contributed by atoms with Crippen LogP contribution in [0.3, 0.4) is 0 Å². The number of ether oxygens (including phenoxy) is 4. The molecular formula is C31H50Cl2N2O4. The van der Waals surface area contributed by atoms with Crippen LogP contribution in [0, 0.1) is 0 Å². The standard InChI is InChI=1S/C31H48N2O4.2ClH/c1-6-18-33(26-12-13-29-25(22-26)11-14-30(36-4)31(29)37-5)19-10-8-7-9-16-32-17-15-24-20-27(34-2)23-28(21-24)35-3;;/h11,14,20-21,23,26,32H,6-10,12-13,15-19,22H2,1-5H3;2*1H. The summed E-state index contributed by atoms with van der Waals surface area (Å²) >= 11 is 0. The zero-order chi connectivity index (χ0) is 26.5. The lowest BCUT2D eigenvalue weighted by Gasteiger charge is -2.36. The molecule has 0 saturated heterocycles. The molecule has 1 unspecified atom stereocenters. The highest BCUT2D eigenvalue weighted by Gasteiger charge is 2.27. The third kappa shape index (κ3) is 10.6. The Hall–Kier alpha value is -1.86. The topological polar surface area (TPSA) is 52.2 Å². The van der Waals surface area contributed by atoms with Crippen molar-refractivity contribution in [2.75, 3.05) is 54.6 Å². The number of nitrogens with zero attached hydrogens (tertiary/aromatic N) is 1. The van der Waals surface area contributed by atoms with Gasteiger partial charge in [0, 0.05) is 17.7 Å². The molecule has 0 fully saturated rings. The second kappa shape index (κ2) is 19.3. The van der Waals surface area contributed by atoms with Gasteiger partial charge in [0.1, 0.15) is 11.5 Å². The molecule has 39 heavy (non-hydrogen) atoms. The van der Waals surface area contributed by atoms with E-state index in [4.69, 9.17) is 18.9 Å². The number of unbranched alkanes of at least 4 members (excludes halogenated alkanes) is 3. The maximum Gasteiger partial charge on any atom is 0.164 e. The van der Waals surface area contributed by atoms with E-state index in [9.17, 15) is 0 Å². The Kier molecular flexibility index (Phi) is 17.4. The van der Waals surface area contributed by atoms with Gasteiger partial charge in [-0.05, 0) is 100 Å². The average molecular weight is 586 g/mol. The monoisotopic (exact) mass is 584 g/mol. The summed E-state index contributed by atoms with van der Waals surface area (Å²) in [5.41, 5.74) is 4.00. The average Bonchev–Trinajstić information content (AvgIpc) is 2.94. The number of hydrogen-bond donors (Lipinski definition) is 1. The highest BCUT2D eigenvalue weighted by Crippen LogP contribution is 2.38. The van der Waals surface area contributed by atoms with Gasteiger partial charge in [0.05, 0.1) is 28.4 Å². The van der Waals surface area contributed by atoms with Crippen LogP contribution < -0.4 is 24.3 Å². The van der Waals surface area contributed by atoms with Crippen LogP contribution in [0.5, 0.6) is 23.0 Å². The number of benzene rings is 2. The quantitative estimate of drug-likeness (QED) is 0.213. The fourth-order valence-electron chi connectivity index (χ4n) is 5.53. The third-order valence-corrected chi connectivity index (χ3v) is 7.51. The first-order valence-corrected chi connectivity index (χ1v) is 14.0.